The Labute approximate surface area is 132 Å². The van der Waals surface area contributed by atoms with Crippen LogP contribution < -0.4 is 0 Å². The Hall–Kier alpha value is -1.39. The molecule has 2 fully saturated rings. The molecular weight excluding hydrogens is 278 g/mol. The SMILES string of the molecule is CC(C)(C)c1noc([C@@H]2CC(=O)N(C3CCCCCC3)C2)n1. The molecule has 1 aromatic rings. The molecule has 1 aliphatic heterocycles. The lowest BCUT2D eigenvalue weighted by molar-refractivity contribution is -0.129. The first-order chi connectivity index (χ1) is 10.4. The molecule has 1 saturated heterocycles. The zero-order chi connectivity index (χ0) is 15.7. The van der Waals surface area contributed by atoms with Crippen LogP contribution in [0.1, 0.15) is 83.3 Å². The summed E-state index contributed by atoms with van der Waals surface area (Å²) in [5.74, 6) is 1.68. The number of nitrogens with zero attached hydrogens (tertiary/aromatic N) is 3. The van der Waals surface area contributed by atoms with Crippen molar-refractivity contribution in [2.45, 2.75) is 83.1 Å². The highest BCUT2D eigenvalue weighted by atomic mass is 16.5. The number of likely N-dealkylation sites (tertiary alicyclic amines) is 1. The molecular formula is C17H27N3O2. The summed E-state index contributed by atoms with van der Waals surface area (Å²) in [4.78, 5) is 19.0. The average Bonchev–Trinajstić information content (AvgIpc) is 2.99. The van der Waals surface area contributed by atoms with Crippen LogP contribution in [0.4, 0.5) is 0 Å². The Kier molecular flexibility index (Phi) is 4.24. The van der Waals surface area contributed by atoms with Crippen molar-refractivity contribution in [3.63, 3.8) is 0 Å². The molecule has 1 aromatic heterocycles. The van der Waals surface area contributed by atoms with Crippen LogP contribution in [0.15, 0.2) is 4.52 Å². The van der Waals surface area contributed by atoms with Crippen molar-refractivity contribution in [2.24, 2.45) is 0 Å². The number of carbonyl (C=O) groups is 1. The van der Waals surface area contributed by atoms with Gasteiger partial charge in [-0.1, -0.05) is 51.6 Å². The summed E-state index contributed by atoms with van der Waals surface area (Å²) in [5, 5.41) is 4.09. The maximum atomic E-state index is 12.4. The van der Waals surface area contributed by atoms with E-state index < -0.39 is 0 Å². The van der Waals surface area contributed by atoms with E-state index in [2.05, 4.69) is 35.8 Å². The molecule has 122 valence electrons. The predicted molar refractivity (Wildman–Crippen MR) is 83.6 cm³/mol. The van der Waals surface area contributed by atoms with Gasteiger partial charge in [-0.15, -0.1) is 0 Å². The van der Waals surface area contributed by atoms with Gasteiger partial charge in [0.05, 0.1) is 5.92 Å². The van der Waals surface area contributed by atoms with Gasteiger partial charge in [-0.05, 0) is 12.8 Å². The number of aromatic nitrogens is 2. The van der Waals surface area contributed by atoms with Gasteiger partial charge < -0.3 is 9.42 Å². The minimum Gasteiger partial charge on any atom is -0.339 e. The average molecular weight is 305 g/mol. The van der Waals surface area contributed by atoms with E-state index in [0.717, 1.165) is 25.2 Å². The predicted octanol–water partition coefficient (Wildman–Crippen LogP) is 3.41. The van der Waals surface area contributed by atoms with Gasteiger partial charge in [0.2, 0.25) is 11.8 Å². The second-order valence-electron chi connectivity index (χ2n) is 7.80. The first-order valence-corrected chi connectivity index (χ1v) is 8.58. The van der Waals surface area contributed by atoms with Crippen molar-refractivity contribution < 1.29 is 9.32 Å². The molecule has 0 bridgehead atoms. The van der Waals surface area contributed by atoms with Crippen molar-refractivity contribution in [3.05, 3.63) is 11.7 Å². The number of amides is 1. The molecule has 1 saturated carbocycles. The lowest BCUT2D eigenvalue weighted by Gasteiger charge is -2.26. The Morgan fingerprint density at radius 3 is 2.41 bits per heavy atom. The van der Waals surface area contributed by atoms with E-state index in [0.29, 0.717) is 18.4 Å². The minimum atomic E-state index is -0.120. The molecule has 0 unspecified atom stereocenters. The van der Waals surface area contributed by atoms with Gasteiger partial charge in [-0.2, -0.15) is 4.98 Å². The van der Waals surface area contributed by atoms with E-state index in [1.807, 2.05) is 0 Å². The fourth-order valence-electron chi connectivity index (χ4n) is 3.53. The fourth-order valence-corrected chi connectivity index (χ4v) is 3.53. The van der Waals surface area contributed by atoms with Crippen LogP contribution >= 0.6 is 0 Å². The number of rotatable bonds is 2. The summed E-state index contributed by atoms with van der Waals surface area (Å²) < 4.78 is 5.44. The molecule has 0 N–H and O–H groups in total. The van der Waals surface area contributed by atoms with E-state index in [-0.39, 0.29) is 17.2 Å². The van der Waals surface area contributed by atoms with Crippen LogP contribution in [0.25, 0.3) is 0 Å². The Morgan fingerprint density at radius 2 is 1.82 bits per heavy atom. The highest BCUT2D eigenvalue weighted by molar-refractivity contribution is 5.79. The molecule has 2 aliphatic rings. The fraction of sp³-hybridized carbons (Fsp3) is 0.824. The lowest BCUT2D eigenvalue weighted by atomic mass is 9.96. The van der Waals surface area contributed by atoms with Gasteiger partial charge >= 0.3 is 0 Å². The van der Waals surface area contributed by atoms with Gasteiger partial charge in [-0.25, -0.2) is 0 Å². The van der Waals surface area contributed by atoms with Crippen LogP contribution in [0, 0.1) is 0 Å². The van der Waals surface area contributed by atoms with Gasteiger partial charge in [0, 0.05) is 24.4 Å². The second kappa shape index (κ2) is 6.01. The summed E-state index contributed by atoms with van der Waals surface area (Å²) in [7, 11) is 0. The quantitative estimate of drug-likeness (QED) is 0.786. The number of carbonyl (C=O) groups excluding carboxylic acids is 1. The summed E-state index contributed by atoms with van der Waals surface area (Å²) in [6.07, 6.45) is 7.91. The summed E-state index contributed by atoms with van der Waals surface area (Å²) in [6.45, 7) is 6.95. The molecule has 0 radical (unpaired) electrons. The van der Waals surface area contributed by atoms with E-state index in [4.69, 9.17) is 4.52 Å². The number of hydrogen-bond acceptors (Lipinski definition) is 4. The Bertz CT molecular complexity index is 524. The van der Waals surface area contributed by atoms with Crippen LogP contribution in [-0.2, 0) is 10.2 Å². The number of hydrogen-bond donors (Lipinski definition) is 0. The van der Waals surface area contributed by atoms with E-state index in [1.54, 1.807) is 0 Å². The lowest BCUT2D eigenvalue weighted by Crippen LogP contribution is -2.36. The molecule has 0 aromatic carbocycles. The standard InChI is InChI=1S/C17H27N3O2/c1-17(2,3)16-18-15(22-19-16)12-10-14(21)20(11-12)13-8-6-4-5-7-9-13/h12-13H,4-11H2,1-3H3/t12-/m1/s1. The molecule has 5 heteroatoms. The summed E-state index contributed by atoms with van der Waals surface area (Å²) >= 11 is 0. The Balaban J connectivity index is 1.70. The third-order valence-corrected chi connectivity index (χ3v) is 4.89. The minimum absolute atomic E-state index is 0.0688. The van der Waals surface area contributed by atoms with Gasteiger partial charge in [-0.3, -0.25) is 4.79 Å². The van der Waals surface area contributed by atoms with Gasteiger partial charge in [0.25, 0.3) is 0 Å². The first-order valence-electron chi connectivity index (χ1n) is 8.58. The smallest absolute Gasteiger partial charge is 0.232 e. The third-order valence-electron chi connectivity index (χ3n) is 4.89. The van der Waals surface area contributed by atoms with E-state index >= 15 is 0 Å². The first kappa shape index (κ1) is 15.5. The highest BCUT2D eigenvalue weighted by Gasteiger charge is 2.38. The third kappa shape index (κ3) is 3.18. The zero-order valence-electron chi connectivity index (χ0n) is 14.0. The van der Waals surface area contributed by atoms with Crippen molar-refractivity contribution in [1.82, 2.24) is 15.0 Å². The molecule has 1 amide bonds. The van der Waals surface area contributed by atoms with Crippen molar-refractivity contribution in [1.29, 1.82) is 0 Å². The van der Waals surface area contributed by atoms with Gasteiger partial charge in [0.15, 0.2) is 5.82 Å². The topological polar surface area (TPSA) is 59.2 Å². The zero-order valence-corrected chi connectivity index (χ0v) is 14.0. The van der Waals surface area contributed by atoms with Crippen LogP contribution in [0.2, 0.25) is 0 Å². The van der Waals surface area contributed by atoms with E-state index in [9.17, 15) is 4.79 Å². The maximum absolute atomic E-state index is 12.4. The molecule has 5 nitrogen and oxygen atoms in total. The van der Waals surface area contributed by atoms with Crippen LogP contribution in [-0.4, -0.2) is 33.5 Å². The normalized spacial score (nSPS) is 24.8. The summed E-state index contributed by atoms with van der Waals surface area (Å²) in [5.41, 5.74) is -0.120. The monoisotopic (exact) mass is 305 g/mol. The molecule has 1 aliphatic carbocycles. The van der Waals surface area contributed by atoms with Gasteiger partial charge in [0.1, 0.15) is 0 Å². The van der Waals surface area contributed by atoms with Crippen LogP contribution in [0.3, 0.4) is 0 Å². The molecule has 0 spiro atoms. The molecule has 1 atom stereocenters. The molecule has 22 heavy (non-hydrogen) atoms. The summed E-state index contributed by atoms with van der Waals surface area (Å²) in [6, 6.07) is 0.421. The Morgan fingerprint density at radius 1 is 1.14 bits per heavy atom. The van der Waals surface area contributed by atoms with Crippen molar-refractivity contribution in [3.8, 4) is 0 Å². The van der Waals surface area contributed by atoms with Crippen molar-refractivity contribution in [2.75, 3.05) is 6.54 Å². The maximum Gasteiger partial charge on any atom is 0.232 e. The molecule has 2 heterocycles. The van der Waals surface area contributed by atoms with E-state index in [1.165, 1.54) is 25.7 Å². The largest absolute Gasteiger partial charge is 0.339 e. The highest BCUT2D eigenvalue weighted by Crippen LogP contribution is 2.33. The second-order valence-corrected chi connectivity index (χ2v) is 7.80. The van der Waals surface area contributed by atoms with Crippen molar-refractivity contribution >= 4 is 5.91 Å². The molecule has 3 rings (SSSR count). The van der Waals surface area contributed by atoms with Crippen LogP contribution in [0.5, 0.6) is 0 Å².